The molecular weight excluding hydrogens is 333 g/mol. The van der Waals surface area contributed by atoms with Gasteiger partial charge in [0.15, 0.2) is 5.82 Å². The van der Waals surface area contributed by atoms with Crippen LogP contribution >= 0.6 is 15.9 Å². The minimum atomic E-state index is -0.313. The van der Waals surface area contributed by atoms with E-state index in [4.69, 9.17) is 0 Å². The highest BCUT2D eigenvalue weighted by atomic mass is 79.9. The molecule has 2 aromatic rings. The summed E-state index contributed by atoms with van der Waals surface area (Å²) in [5.41, 5.74) is 2.71. The largest absolute Gasteiger partial charge is 0.370 e. The van der Waals surface area contributed by atoms with Crippen molar-refractivity contribution in [1.82, 2.24) is 9.97 Å². The van der Waals surface area contributed by atoms with Gasteiger partial charge in [-0.05, 0) is 53.9 Å². The van der Waals surface area contributed by atoms with Crippen molar-refractivity contribution in [2.75, 3.05) is 11.9 Å². The van der Waals surface area contributed by atoms with Gasteiger partial charge < -0.3 is 5.32 Å². The standard InChI is InChI=1S/C16H19BrFN3/c1-5-19-16-14(9(2)3)10(4)20-15(21-16)11-6-7-12(17)13(18)8-11/h6-9H,5H2,1-4H3,(H,19,20,21). The Kier molecular flexibility index (Phi) is 4.93. The number of halogens is 2. The highest BCUT2D eigenvalue weighted by Gasteiger charge is 2.15. The first kappa shape index (κ1) is 15.9. The van der Waals surface area contributed by atoms with Crippen molar-refractivity contribution in [3.63, 3.8) is 0 Å². The van der Waals surface area contributed by atoms with E-state index in [9.17, 15) is 4.39 Å². The first-order valence-corrected chi connectivity index (χ1v) is 7.81. The van der Waals surface area contributed by atoms with Crippen LogP contribution in [0.5, 0.6) is 0 Å². The van der Waals surface area contributed by atoms with Crippen molar-refractivity contribution in [2.45, 2.75) is 33.6 Å². The zero-order chi connectivity index (χ0) is 15.6. The third-order valence-electron chi connectivity index (χ3n) is 3.24. The van der Waals surface area contributed by atoms with Crippen LogP contribution in [0.25, 0.3) is 11.4 Å². The van der Waals surface area contributed by atoms with Gasteiger partial charge in [0, 0.05) is 23.4 Å². The molecule has 1 aromatic heterocycles. The maximum Gasteiger partial charge on any atom is 0.161 e. The maximum atomic E-state index is 13.7. The maximum absolute atomic E-state index is 13.7. The average molecular weight is 352 g/mol. The van der Waals surface area contributed by atoms with Gasteiger partial charge in [-0.15, -0.1) is 0 Å². The Labute approximate surface area is 133 Å². The SMILES string of the molecule is CCNc1nc(-c2ccc(Br)c(F)c2)nc(C)c1C(C)C. The number of nitrogens with zero attached hydrogens (tertiary/aromatic N) is 2. The number of hydrogen-bond donors (Lipinski definition) is 1. The van der Waals surface area contributed by atoms with Gasteiger partial charge in [-0.1, -0.05) is 13.8 Å². The Balaban J connectivity index is 2.57. The number of aromatic nitrogens is 2. The van der Waals surface area contributed by atoms with E-state index in [1.807, 2.05) is 19.9 Å². The summed E-state index contributed by atoms with van der Waals surface area (Å²) in [5, 5.41) is 3.28. The zero-order valence-corrected chi connectivity index (χ0v) is 14.3. The molecule has 0 aliphatic carbocycles. The lowest BCUT2D eigenvalue weighted by Crippen LogP contribution is -2.09. The normalized spacial score (nSPS) is 11.0. The molecular formula is C16H19BrFN3. The second-order valence-electron chi connectivity index (χ2n) is 5.21. The van der Waals surface area contributed by atoms with Crippen LogP contribution in [-0.4, -0.2) is 16.5 Å². The molecule has 0 fully saturated rings. The van der Waals surface area contributed by atoms with Crippen molar-refractivity contribution in [1.29, 1.82) is 0 Å². The topological polar surface area (TPSA) is 37.8 Å². The van der Waals surface area contributed by atoms with Crippen LogP contribution < -0.4 is 5.32 Å². The first-order chi connectivity index (χ1) is 9.93. The van der Waals surface area contributed by atoms with Crippen LogP contribution in [0.15, 0.2) is 22.7 Å². The number of nitrogens with one attached hydrogen (secondary N) is 1. The molecule has 0 spiro atoms. The Morgan fingerprint density at radius 2 is 2.00 bits per heavy atom. The Morgan fingerprint density at radius 1 is 1.29 bits per heavy atom. The van der Waals surface area contributed by atoms with Crippen molar-refractivity contribution in [2.24, 2.45) is 0 Å². The van der Waals surface area contributed by atoms with Crippen molar-refractivity contribution in [3.8, 4) is 11.4 Å². The fourth-order valence-electron chi connectivity index (χ4n) is 2.34. The van der Waals surface area contributed by atoms with Gasteiger partial charge in [0.1, 0.15) is 11.6 Å². The molecule has 1 heterocycles. The minimum absolute atomic E-state index is 0.313. The highest BCUT2D eigenvalue weighted by Crippen LogP contribution is 2.29. The summed E-state index contributed by atoms with van der Waals surface area (Å²) in [6.07, 6.45) is 0. The Morgan fingerprint density at radius 3 is 2.57 bits per heavy atom. The smallest absolute Gasteiger partial charge is 0.161 e. The predicted octanol–water partition coefficient (Wildman–Crippen LogP) is 4.91. The third kappa shape index (κ3) is 3.40. The van der Waals surface area contributed by atoms with Crippen LogP contribution in [-0.2, 0) is 0 Å². The zero-order valence-electron chi connectivity index (χ0n) is 12.7. The highest BCUT2D eigenvalue weighted by molar-refractivity contribution is 9.10. The van der Waals surface area contributed by atoms with Crippen LogP contribution in [0.2, 0.25) is 0 Å². The second-order valence-corrected chi connectivity index (χ2v) is 6.06. The van der Waals surface area contributed by atoms with Gasteiger partial charge in [-0.2, -0.15) is 0 Å². The predicted molar refractivity (Wildman–Crippen MR) is 88.1 cm³/mol. The summed E-state index contributed by atoms with van der Waals surface area (Å²) in [7, 11) is 0. The monoisotopic (exact) mass is 351 g/mol. The summed E-state index contributed by atoms with van der Waals surface area (Å²) in [6.45, 7) is 9.01. The molecule has 5 heteroatoms. The van der Waals surface area contributed by atoms with E-state index in [1.165, 1.54) is 6.07 Å². The van der Waals surface area contributed by atoms with Crippen molar-refractivity contribution < 1.29 is 4.39 Å². The fourth-order valence-corrected chi connectivity index (χ4v) is 2.59. The molecule has 0 bridgehead atoms. The molecule has 112 valence electrons. The number of aryl methyl sites for hydroxylation is 1. The second kappa shape index (κ2) is 6.52. The molecule has 0 atom stereocenters. The number of hydrogen-bond acceptors (Lipinski definition) is 3. The summed E-state index contributed by atoms with van der Waals surface area (Å²) >= 11 is 3.16. The first-order valence-electron chi connectivity index (χ1n) is 7.01. The van der Waals surface area contributed by atoms with Crippen LogP contribution in [0.1, 0.15) is 37.9 Å². The molecule has 0 unspecified atom stereocenters. The van der Waals surface area contributed by atoms with Gasteiger partial charge in [-0.3, -0.25) is 0 Å². The fraction of sp³-hybridized carbons (Fsp3) is 0.375. The summed E-state index contributed by atoms with van der Waals surface area (Å²) in [4.78, 5) is 9.13. The quantitative estimate of drug-likeness (QED) is 0.850. The van der Waals surface area contributed by atoms with Crippen LogP contribution in [0, 0.1) is 12.7 Å². The lowest BCUT2D eigenvalue weighted by Gasteiger charge is -2.16. The van der Waals surface area contributed by atoms with E-state index in [0.717, 1.165) is 23.6 Å². The van der Waals surface area contributed by atoms with Crippen LogP contribution in [0.3, 0.4) is 0 Å². The van der Waals surface area contributed by atoms with Crippen molar-refractivity contribution in [3.05, 3.63) is 39.7 Å². The molecule has 0 amide bonds. The van der Waals surface area contributed by atoms with E-state index in [2.05, 4.69) is 45.1 Å². The lowest BCUT2D eigenvalue weighted by molar-refractivity contribution is 0.621. The Bertz CT molecular complexity index is 656. The van der Waals surface area contributed by atoms with Gasteiger partial charge >= 0.3 is 0 Å². The van der Waals surface area contributed by atoms with E-state index in [-0.39, 0.29) is 5.82 Å². The molecule has 0 aliphatic heterocycles. The Hall–Kier alpha value is -1.49. The molecule has 2 rings (SSSR count). The average Bonchev–Trinajstić information content (AvgIpc) is 2.41. The van der Waals surface area contributed by atoms with Gasteiger partial charge in [0.25, 0.3) is 0 Å². The van der Waals surface area contributed by atoms with Crippen LogP contribution in [0.4, 0.5) is 10.2 Å². The number of anilines is 1. The molecule has 21 heavy (non-hydrogen) atoms. The molecule has 1 aromatic carbocycles. The molecule has 0 saturated carbocycles. The summed E-state index contributed by atoms with van der Waals surface area (Å²) < 4.78 is 14.1. The molecule has 1 N–H and O–H groups in total. The minimum Gasteiger partial charge on any atom is -0.370 e. The summed E-state index contributed by atoms with van der Waals surface area (Å²) in [5.74, 6) is 1.39. The summed E-state index contributed by atoms with van der Waals surface area (Å²) in [6, 6.07) is 4.93. The molecule has 0 radical (unpaired) electrons. The van der Waals surface area contributed by atoms with E-state index >= 15 is 0 Å². The molecule has 0 aliphatic rings. The lowest BCUT2D eigenvalue weighted by atomic mass is 10.0. The van der Waals surface area contributed by atoms with E-state index < -0.39 is 0 Å². The molecule has 3 nitrogen and oxygen atoms in total. The van der Waals surface area contributed by atoms with Gasteiger partial charge in [0.2, 0.25) is 0 Å². The van der Waals surface area contributed by atoms with Crippen molar-refractivity contribution >= 4 is 21.7 Å². The van der Waals surface area contributed by atoms with Gasteiger partial charge in [-0.25, -0.2) is 14.4 Å². The molecule has 0 saturated heterocycles. The number of rotatable bonds is 4. The number of benzene rings is 1. The van der Waals surface area contributed by atoms with E-state index in [1.54, 1.807) is 6.07 Å². The van der Waals surface area contributed by atoms with Gasteiger partial charge in [0.05, 0.1) is 4.47 Å². The van der Waals surface area contributed by atoms with E-state index in [0.29, 0.717) is 21.8 Å². The third-order valence-corrected chi connectivity index (χ3v) is 3.88.